The van der Waals surface area contributed by atoms with Crippen molar-refractivity contribution in [2.75, 3.05) is 13.2 Å². The molecule has 0 aromatic rings. The van der Waals surface area contributed by atoms with Crippen LogP contribution >= 0.6 is 0 Å². The van der Waals surface area contributed by atoms with E-state index in [4.69, 9.17) is 14.2 Å². The molecule has 0 rings (SSSR count). The Hall–Kier alpha value is -4.97. The van der Waals surface area contributed by atoms with Crippen LogP contribution in [0.4, 0.5) is 0 Å². The highest BCUT2D eigenvalue weighted by molar-refractivity contribution is 5.72. The Labute approximate surface area is 346 Å². The fourth-order valence-electron chi connectivity index (χ4n) is 4.68. The minimum atomic E-state index is -0.864. The van der Waals surface area contributed by atoms with Gasteiger partial charge in [-0.15, -0.1) is 0 Å². The molecule has 0 aliphatic heterocycles. The quantitative estimate of drug-likeness (QED) is 0.0213. The first-order chi connectivity index (χ1) is 28.0. The van der Waals surface area contributed by atoms with Crippen molar-refractivity contribution in [3.63, 3.8) is 0 Å². The van der Waals surface area contributed by atoms with Gasteiger partial charge >= 0.3 is 17.9 Å². The molecular formula is C51H72O6. The van der Waals surface area contributed by atoms with E-state index >= 15 is 0 Å². The number of carbonyl (C=O) groups excluding carboxylic acids is 3. The average molecular weight is 781 g/mol. The van der Waals surface area contributed by atoms with Crippen molar-refractivity contribution in [3.05, 3.63) is 158 Å². The summed E-state index contributed by atoms with van der Waals surface area (Å²) in [5.74, 6) is -1.21. The number of allylic oxidation sites excluding steroid dienone is 25. The topological polar surface area (TPSA) is 78.9 Å². The predicted octanol–water partition coefficient (Wildman–Crippen LogP) is 13.5. The fourth-order valence-corrected chi connectivity index (χ4v) is 4.68. The summed E-state index contributed by atoms with van der Waals surface area (Å²) < 4.78 is 16.4. The number of hydrogen-bond donors (Lipinski definition) is 0. The van der Waals surface area contributed by atoms with Crippen LogP contribution in [0.1, 0.15) is 124 Å². The van der Waals surface area contributed by atoms with E-state index in [0.717, 1.165) is 70.6 Å². The van der Waals surface area contributed by atoms with Gasteiger partial charge in [0.05, 0.1) is 6.42 Å². The average Bonchev–Trinajstić information content (AvgIpc) is 3.21. The lowest BCUT2D eigenvalue weighted by atomic mass is 10.1. The van der Waals surface area contributed by atoms with E-state index in [1.54, 1.807) is 6.08 Å². The van der Waals surface area contributed by atoms with E-state index in [9.17, 15) is 14.4 Å². The molecule has 0 aromatic carbocycles. The molecule has 6 nitrogen and oxygen atoms in total. The lowest BCUT2D eigenvalue weighted by Gasteiger charge is -2.18. The van der Waals surface area contributed by atoms with Crippen LogP contribution in [-0.2, 0) is 28.6 Å². The van der Waals surface area contributed by atoms with Crippen molar-refractivity contribution in [2.24, 2.45) is 0 Å². The molecule has 312 valence electrons. The maximum absolute atomic E-state index is 12.6. The van der Waals surface area contributed by atoms with Gasteiger partial charge in [-0.25, -0.2) is 0 Å². The van der Waals surface area contributed by atoms with Crippen LogP contribution in [0, 0.1) is 0 Å². The Morgan fingerprint density at radius 1 is 0.386 bits per heavy atom. The van der Waals surface area contributed by atoms with Gasteiger partial charge in [0, 0.05) is 12.8 Å². The monoisotopic (exact) mass is 781 g/mol. The Kier molecular flexibility index (Phi) is 39.9. The van der Waals surface area contributed by atoms with Crippen LogP contribution in [0.25, 0.3) is 0 Å². The molecule has 0 aromatic heterocycles. The highest BCUT2D eigenvalue weighted by Crippen LogP contribution is 2.08. The molecule has 0 N–H and O–H groups in total. The zero-order valence-corrected chi connectivity index (χ0v) is 35.3. The highest BCUT2D eigenvalue weighted by Gasteiger charge is 2.19. The summed E-state index contributed by atoms with van der Waals surface area (Å²) in [5.41, 5.74) is 0. The summed E-state index contributed by atoms with van der Waals surface area (Å²) in [7, 11) is 0. The first kappa shape index (κ1) is 52.0. The van der Waals surface area contributed by atoms with Crippen molar-refractivity contribution in [2.45, 2.75) is 130 Å². The van der Waals surface area contributed by atoms with E-state index in [0.29, 0.717) is 12.8 Å². The van der Waals surface area contributed by atoms with E-state index in [2.05, 4.69) is 93.7 Å². The minimum Gasteiger partial charge on any atom is -0.462 e. The summed E-state index contributed by atoms with van der Waals surface area (Å²) in [5, 5.41) is 0. The third-order valence-electron chi connectivity index (χ3n) is 7.74. The van der Waals surface area contributed by atoms with Crippen molar-refractivity contribution < 1.29 is 28.6 Å². The maximum atomic E-state index is 12.6. The molecule has 0 saturated heterocycles. The highest BCUT2D eigenvalue weighted by atomic mass is 16.6. The summed E-state index contributed by atoms with van der Waals surface area (Å²) in [6, 6.07) is 0. The largest absolute Gasteiger partial charge is 0.462 e. The second-order valence-corrected chi connectivity index (χ2v) is 13.0. The van der Waals surface area contributed by atoms with Gasteiger partial charge in [0.1, 0.15) is 13.2 Å². The van der Waals surface area contributed by atoms with Crippen molar-refractivity contribution in [3.8, 4) is 0 Å². The Balaban J connectivity index is 4.62. The van der Waals surface area contributed by atoms with E-state index in [1.165, 1.54) is 0 Å². The molecule has 0 bridgehead atoms. The van der Waals surface area contributed by atoms with Gasteiger partial charge in [0.25, 0.3) is 0 Å². The Bertz CT molecular complexity index is 1410. The smallest absolute Gasteiger partial charge is 0.309 e. The molecule has 0 aliphatic rings. The molecule has 1 unspecified atom stereocenters. The number of hydrogen-bond acceptors (Lipinski definition) is 6. The second-order valence-electron chi connectivity index (χ2n) is 13.0. The molecule has 0 heterocycles. The van der Waals surface area contributed by atoms with Crippen molar-refractivity contribution in [1.29, 1.82) is 0 Å². The first-order valence-electron chi connectivity index (χ1n) is 21.1. The normalized spacial score (nSPS) is 13.7. The molecule has 1 atom stereocenters. The van der Waals surface area contributed by atoms with Crippen LogP contribution in [0.5, 0.6) is 0 Å². The van der Waals surface area contributed by atoms with Gasteiger partial charge < -0.3 is 14.2 Å². The number of rotatable bonds is 34. The van der Waals surface area contributed by atoms with Crippen molar-refractivity contribution >= 4 is 17.9 Å². The lowest BCUT2D eigenvalue weighted by molar-refractivity contribution is -0.166. The molecule has 0 fully saturated rings. The first-order valence-corrected chi connectivity index (χ1v) is 21.1. The second kappa shape index (κ2) is 43.8. The summed E-state index contributed by atoms with van der Waals surface area (Å²) in [4.78, 5) is 37.5. The Morgan fingerprint density at radius 2 is 0.807 bits per heavy atom. The van der Waals surface area contributed by atoms with Crippen LogP contribution in [-0.4, -0.2) is 37.2 Å². The summed E-state index contributed by atoms with van der Waals surface area (Å²) >= 11 is 0. The lowest BCUT2D eigenvalue weighted by Crippen LogP contribution is -2.30. The van der Waals surface area contributed by atoms with Gasteiger partial charge in [-0.3, -0.25) is 14.4 Å². The number of unbranched alkanes of at least 4 members (excludes halogenated alkanes) is 4. The number of esters is 3. The predicted molar refractivity (Wildman–Crippen MR) is 242 cm³/mol. The number of carbonyl (C=O) groups is 3. The van der Waals surface area contributed by atoms with Crippen LogP contribution in [0.3, 0.4) is 0 Å². The van der Waals surface area contributed by atoms with E-state index in [1.807, 2.05) is 79.0 Å². The molecule has 0 aliphatic carbocycles. The molecule has 57 heavy (non-hydrogen) atoms. The van der Waals surface area contributed by atoms with Gasteiger partial charge in [0.2, 0.25) is 0 Å². The third-order valence-corrected chi connectivity index (χ3v) is 7.74. The van der Waals surface area contributed by atoms with Crippen LogP contribution in [0.15, 0.2) is 158 Å². The Morgan fingerprint density at radius 3 is 1.35 bits per heavy atom. The van der Waals surface area contributed by atoms with Gasteiger partial charge in [-0.2, -0.15) is 0 Å². The third kappa shape index (κ3) is 42.0. The van der Waals surface area contributed by atoms with Crippen LogP contribution in [0.2, 0.25) is 0 Å². The van der Waals surface area contributed by atoms with Gasteiger partial charge in [-0.1, -0.05) is 185 Å². The van der Waals surface area contributed by atoms with Gasteiger partial charge in [0.15, 0.2) is 6.10 Å². The molecule has 0 spiro atoms. The standard InChI is InChI=1S/C51H72O6/c1-4-7-10-13-16-19-21-22-23-24-25-26-27-28-30-32-35-38-41-44-50(53)56-47-48(46-55-49(52)43-40-37-34-31-18-15-12-9-6-3)57-51(54)45-42-39-36-33-29-20-17-14-11-8-5-2/h7-13,16-28,30-31,33,36-37,40,48H,4-6,14-15,29,32,34-35,38-39,41-47H2,1-3H3/b10-7-,11-8-,12-9-,16-13-,20-17-,21-19-,23-22-,25-24+,27-26-,30-28-,31-18-,36-33-,40-37-. The summed E-state index contributed by atoms with van der Waals surface area (Å²) in [6.45, 7) is 6.00. The molecule has 0 amide bonds. The molecule has 6 heteroatoms. The zero-order valence-electron chi connectivity index (χ0n) is 35.3. The van der Waals surface area contributed by atoms with E-state index in [-0.39, 0.29) is 38.4 Å². The minimum absolute atomic E-state index is 0.107. The molecule has 0 saturated carbocycles. The van der Waals surface area contributed by atoms with E-state index < -0.39 is 18.0 Å². The molecular weight excluding hydrogens is 709 g/mol. The SMILES string of the molecule is CC\C=C/C=C\C=C/C=C\C=C\C=C/C=C\CCCCCC(=O)OCC(COC(=O)C/C=C\C/C=C\C/C=C\CC)OC(=O)CCC/C=C\C/C=C\C/C=C\CC. The maximum Gasteiger partial charge on any atom is 0.309 e. The summed E-state index contributed by atoms with van der Waals surface area (Å²) in [6.07, 6.45) is 64.1. The van der Waals surface area contributed by atoms with Crippen molar-refractivity contribution in [1.82, 2.24) is 0 Å². The number of ether oxygens (including phenoxy) is 3. The van der Waals surface area contributed by atoms with Gasteiger partial charge in [-0.05, 0) is 77.0 Å². The molecule has 0 radical (unpaired) electrons. The zero-order chi connectivity index (χ0) is 41.5. The van der Waals surface area contributed by atoms with Crippen LogP contribution < -0.4 is 0 Å². The fraction of sp³-hybridized carbons (Fsp3) is 0.431.